The molecule has 9 heteroatoms. The summed E-state index contributed by atoms with van der Waals surface area (Å²) in [6, 6.07) is 13.2. The minimum absolute atomic E-state index is 0.0118. The first-order chi connectivity index (χ1) is 15.2. The van der Waals surface area contributed by atoms with Crippen molar-refractivity contribution in [1.82, 2.24) is 25.4 Å². The molecular weight excluding hydrogens is 414 g/mol. The fourth-order valence-electron chi connectivity index (χ4n) is 3.83. The number of likely N-dealkylation sites (tertiary alicyclic amines) is 1. The molecule has 0 saturated carbocycles. The van der Waals surface area contributed by atoms with E-state index in [0.29, 0.717) is 36.1 Å². The Morgan fingerprint density at radius 1 is 1.19 bits per heavy atom. The molecule has 1 aromatic carbocycles. The van der Waals surface area contributed by atoms with Crippen LogP contribution < -0.4 is 5.32 Å². The highest BCUT2D eigenvalue weighted by atomic mass is 32.1. The van der Waals surface area contributed by atoms with Gasteiger partial charge in [0.2, 0.25) is 0 Å². The van der Waals surface area contributed by atoms with Gasteiger partial charge in [0.1, 0.15) is 11.5 Å². The summed E-state index contributed by atoms with van der Waals surface area (Å²) >= 11 is 1.44. The van der Waals surface area contributed by atoms with Gasteiger partial charge in [0.15, 0.2) is 5.01 Å². The summed E-state index contributed by atoms with van der Waals surface area (Å²) in [4.78, 5) is 31.5. The molecule has 8 nitrogen and oxygen atoms in total. The number of benzene rings is 1. The number of aromatic amines is 1. The molecule has 0 atom stereocenters. The van der Waals surface area contributed by atoms with Gasteiger partial charge in [-0.25, -0.2) is 4.98 Å². The van der Waals surface area contributed by atoms with Crippen LogP contribution >= 0.6 is 11.3 Å². The summed E-state index contributed by atoms with van der Waals surface area (Å²) in [6.07, 6.45) is 3.20. The summed E-state index contributed by atoms with van der Waals surface area (Å²) in [5, 5.41) is 10.5. The standard InChI is InChI=1S/C22H21N5O3S/c28-20(23-13-15-4-3-11-30-15)18-12-17(25-26-18)14-7-9-27(10-8-14)22(29)21-24-16-5-1-2-6-19(16)31-21/h1-6,11-12,14H,7-10,13H2,(H,23,28)(H,25,26). The lowest BCUT2D eigenvalue weighted by Gasteiger charge is -2.30. The van der Waals surface area contributed by atoms with E-state index in [0.717, 1.165) is 28.8 Å². The highest BCUT2D eigenvalue weighted by molar-refractivity contribution is 7.20. The molecular formula is C22H21N5O3S. The van der Waals surface area contributed by atoms with E-state index in [1.165, 1.54) is 11.3 Å². The number of nitrogens with one attached hydrogen (secondary N) is 2. The highest BCUT2D eigenvalue weighted by Gasteiger charge is 2.27. The van der Waals surface area contributed by atoms with Gasteiger partial charge in [0.25, 0.3) is 11.8 Å². The second kappa shape index (κ2) is 8.35. The zero-order chi connectivity index (χ0) is 21.2. The third-order valence-corrected chi connectivity index (χ3v) is 6.56. The highest BCUT2D eigenvalue weighted by Crippen LogP contribution is 2.29. The molecule has 1 fully saturated rings. The number of amides is 2. The van der Waals surface area contributed by atoms with Crippen molar-refractivity contribution in [1.29, 1.82) is 0 Å². The third kappa shape index (κ3) is 4.09. The number of hydrogen-bond acceptors (Lipinski definition) is 6. The molecule has 4 aromatic rings. The van der Waals surface area contributed by atoms with E-state index < -0.39 is 0 Å². The lowest BCUT2D eigenvalue weighted by atomic mass is 9.93. The predicted molar refractivity (Wildman–Crippen MR) is 116 cm³/mol. The van der Waals surface area contributed by atoms with Crippen LogP contribution in [-0.4, -0.2) is 45.0 Å². The number of nitrogens with zero attached hydrogens (tertiary/aromatic N) is 3. The number of para-hydroxylation sites is 1. The third-order valence-electron chi connectivity index (χ3n) is 5.53. The van der Waals surface area contributed by atoms with Gasteiger partial charge in [-0.15, -0.1) is 11.3 Å². The molecule has 0 radical (unpaired) electrons. The topological polar surface area (TPSA) is 104 Å². The Kier molecular flexibility index (Phi) is 5.25. The average molecular weight is 436 g/mol. The Balaban J connectivity index is 1.18. The summed E-state index contributed by atoms with van der Waals surface area (Å²) in [6.45, 7) is 1.62. The lowest BCUT2D eigenvalue weighted by Crippen LogP contribution is -2.37. The zero-order valence-corrected chi connectivity index (χ0v) is 17.5. The Morgan fingerprint density at radius 3 is 2.81 bits per heavy atom. The Morgan fingerprint density at radius 2 is 2.03 bits per heavy atom. The molecule has 5 rings (SSSR count). The molecule has 0 spiro atoms. The van der Waals surface area contributed by atoms with Gasteiger partial charge in [-0.2, -0.15) is 5.10 Å². The normalized spacial score (nSPS) is 14.8. The monoisotopic (exact) mass is 435 g/mol. The Labute approximate surface area is 182 Å². The first-order valence-electron chi connectivity index (χ1n) is 10.2. The van der Waals surface area contributed by atoms with Gasteiger partial charge in [0.05, 0.1) is 23.0 Å². The minimum Gasteiger partial charge on any atom is -0.467 e. The number of aromatic nitrogens is 3. The van der Waals surface area contributed by atoms with E-state index in [9.17, 15) is 9.59 Å². The summed E-state index contributed by atoms with van der Waals surface area (Å²) in [7, 11) is 0. The lowest BCUT2D eigenvalue weighted by molar-refractivity contribution is 0.0711. The molecule has 3 aromatic heterocycles. The molecule has 2 N–H and O–H groups in total. The summed E-state index contributed by atoms with van der Waals surface area (Å²) in [5.41, 5.74) is 2.14. The Bertz CT molecular complexity index is 1170. The van der Waals surface area contributed by atoms with E-state index >= 15 is 0 Å². The van der Waals surface area contributed by atoms with Crippen molar-refractivity contribution in [3.8, 4) is 0 Å². The van der Waals surface area contributed by atoms with E-state index in [2.05, 4.69) is 20.5 Å². The van der Waals surface area contributed by atoms with E-state index in [4.69, 9.17) is 4.42 Å². The number of carbonyl (C=O) groups excluding carboxylic acids is 2. The second-order valence-corrected chi connectivity index (χ2v) is 8.55. The maximum Gasteiger partial charge on any atom is 0.282 e. The van der Waals surface area contributed by atoms with Crippen LogP contribution in [0.4, 0.5) is 0 Å². The van der Waals surface area contributed by atoms with Crippen LogP contribution in [0.25, 0.3) is 10.2 Å². The second-order valence-electron chi connectivity index (χ2n) is 7.52. The Hall–Kier alpha value is -3.46. The molecule has 4 heterocycles. The predicted octanol–water partition coefficient (Wildman–Crippen LogP) is 3.56. The van der Waals surface area contributed by atoms with Crippen molar-refractivity contribution in [3.63, 3.8) is 0 Å². The maximum atomic E-state index is 12.9. The molecule has 0 aliphatic carbocycles. The van der Waals surface area contributed by atoms with Crippen LogP contribution in [-0.2, 0) is 6.54 Å². The molecule has 0 bridgehead atoms. The van der Waals surface area contributed by atoms with E-state index in [1.807, 2.05) is 29.2 Å². The molecule has 158 valence electrons. The minimum atomic E-state index is -0.248. The first kappa shape index (κ1) is 19.5. The zero-order valence-electron chi connectivity index (χ0n) is 16.7. The molecule has 1 saturated heterocycles. The van der Waals surface area contributed by atoms with Gasteiger partial charge in [0, 0.05) is 24.7 Å². The number of H-pyrrole nitrogens is 1. The number of piperidine rings is 1. The van der Waals surface area contributed by atoms with Crippen molar-refractivity contribution in [2.24, 2.45) is 0 Å². The van der Waals surface area contributed by atoms with Crippen LogP contribution in [0.5, 0.6) is 0 Å². The quantitative estimate of drug-likeness (QED) is 0.499. The van der Waals surface area contributed by atoms with Crippen molar-refractivity contribution in [3.05, 3.63) is 70.9 Å². The number of fused-ring (bicyclic) bond motifs is 1. The maximum absolute atomic E-state index is 12.9. The molecule has 1 aliphatic heterocycles. The number of furan rings is 1. The molecule has 0 unspecified atom stereocenters. The van der Waals surface area contributed by atoms with Crippen LogP contribution in [0.15, 0.2) is 53.1 Å². The van der Waals surface area contributed by atoms with Gasteiger partial charge >= 0.3 is 0 Å². The van der Waals surface area contributed by atoms with Gasteiger partial charge in [-0.05, 0) is 43.2 Å². The number of thiazole rings is 1. The fourth-order valence-corrected chi connectivity index (χ4v) is 4.76. The van der Waals surface area contributed by atoms with Crippen molar-refractivity contribution in [2.45, 2.75) is 25.3 Å². The van der Waals surface area contributed by atoms with Gasteiger partial charge in [-0.3, -0.25) is 14.7 Å². The fraction of sp³-hybridized carbons (Fsp3) is 0.273. The number of rotatable bonds is 5. The van der Waals surface area contributed by atoms with E-state index in [-0.39, 0.29) is 17.7 Å². The largest absolute Gasteiger partial charge is 0.467 e. The summed E-state index contributed by atoms with van der Waals surface area (Å²) in [5.74, 6) is 0.664. The van der Waals surface area contributed by atoms with Gasteiger partial charge < -0.3 is 14.6 Å². The van der Waals surface area contributed by atoms with E-state index in [1.54, 1.807) is 24.5 Å². The molecule has 2 amide bonds. The van der Waals surface area contributed by atoms with Crippen molar-refractivity contribution in [2.75, 3.05) is 13.1 Å². The number of carbonyl (C=O) groups is 2. The SMILES string of the molecule is O=C(NCc1ccco1)c1cc(C2CCN(C(=O)c3nc4ccccc4s3)CC2)[nH]n1. The number of hydrogen-bond donors (Lipinski definition) is 2. The van der Waals surface area contributed by atoms with Gasteiger partial charge in [-0.1, -0.05) is 12.1 Å². The molecule has 1 aliphatic rings. The van der Waals surface area contributed by atoms with Crippen LogP contribution in [0, 0.1) is 0 Å². The molecule has 31 heavy (non-hydrogen) atoms. The summed E-state index contributed by atoms with van der Waals surface area (Å²) < 4.78 is 6.24. The smallest absolute Gasteiger partial charge is 0.282 e. The van der Waals surface area contributed by atoms with Crippen LogP contribution in [0.1, 0.15) is 50.5 Å². The van der Waals surface area contributed by atoms with Crippen molar-refractivity contribution >= 4 is 33.4 Å². The van der Waals surface area contributed by atoms with Crippen LogP contribution in [0.3, 0.4) is 0 Å². The first-order valence-corrected chi connectivity index (χ1v) is 11.0. The van der Waals surface area contributed by atoms with Crippen LogP contribution in [0.2, 0.25) is 0 Å². The average Bonchev–Trinajstić information content (AvgIpc) is 3.57. The van der Waals surface area contributed by atoms with Crippen molar-refractivity contribution < 1.29 is 14.0 Å².